The van der Waals surface area contributed by atoms with Gasteiger partial charge in [-0.15, -0.1) is 12.4 Å². The van der Waals surface area contributed by atoms with E-state index in [1.807, 2.05) is 6.92 Å². The van der Waals surface area contributed by atoms with Crippen molar-refractivity contribution in [2.45, 2.75) is 13.3 Å². The second-order valence-electron chi connectivity index (χ2n) is 2.01. The summed E-state index contributed by atoms with van der Waals surface area (Å²) in [7, 11) is 0. The molecule has 3 heteroatoms. The normalized spacial score (nSPS) is 8.45. The molecule has 0 spiro atoms. The summed E-state index contributed by atoms with van der Waals surface area (Å²) in [6.07, 6.45) is 3.82. The van der Waals surface area contributed by atoms with Gasteiger partial charge in [0.05, 0.1) is 0 Å². The lowest BCUT2D eigenvalue weighted by atomic mass is 10.1. The summed E-state index contributed by atoms with van der Waals surface area (Å²) < 4.78 is 0. The molecule has 0 aliphatic rings. The van der Waals surface area contributed by atoms with Gasteiger partial charge >= 0.3 is 0 Å². The van der Waals surface area contributed by atoms with Crippen LogP contribution in [0.3, 0.4) is 0 Å². The van der Waals surface area contributed by atoms with Crippen LogP contribution in [0.25, 0.3) is 0 Å². The van der Waals surface area contributed by atoms with E-state index in [2.05, 4.69) is 4.98 Å². The molecule has 0 unspecified atom stereocenters. The monoisotopic (exact) mass is 171 g/mol. The Bertz CT molecular complexity index is 223. The zero-order valence-electron chi connectivity index (χ0n) is 6.28. The largest absolute Gasteiger partial charge is 0.294 e. The SMILES string of the molecule is CCC(=O)c1ccncc1.Cl. The number of ketones is 1. The van der Waals surface area contributed by atoms with E-state index in [-0.39, 0.29) is 18.2 Å². The first-order valence-corrected chi connectivity index (χ1v) is 3.28. The lowest BCUT2D eigenvalue weighted by molar-refractivity contribution is 0.0988. The number of hydrogen-bond donors (Lipinski definition) is 0. The Hall–Kier alpha value is -0.890. The average molecular weight is 172 g/mol. The first-order chi connectivity index (χ1) is 4.84. The van der Waals surface area contributed by atoms with Crippen molar-refractivity contribution in [1.82, 2.24) is 4.98 Å². The minimum atomic E-state index is 0. The van der Waals surface area contributed by atoms with Crippen molar-refractivity contribution in [2.75, 3.05) is 0 Å². The van der Waals surface area contributed by atoms with Crippen LogP contribution in [-0.2, 0) is 0 Å². The van der Waals surface area contributed by atoms with Crippen molar-refractivity contribution in [3.63, 3.8) is 0 Å². The van der Waals surface area contributed by atoms with Gasteiger partial charge in [0, 0.05) is 24.4 Å². The molecule has 1 aromatic heterocycles. The molecule has 0 saturated carbocycles. The molecule has 0 aliphatic heterocycles. The minimum Gasteiger partial charge on any atom is -0.294 e. The molecule has 0 radical (unpaired) electrons. The van der Waals surface area contributed by atoms with Crippen LogP contribution in [0.5, 0.6) is 0 Å². The van der Waals surface area contributed by atoms with Gasteiger partial charge in [-0.25, -0.2) is 0 Å². The van der Waals surface area contributed by atoms with Gasteiger partial charge in [-0.1, -0.05) is 6.92 Å². The Morgan fingerprint density at radius 2 is 2.00 bits per heavy atom. The van der Waals surface area contributed by atoms with Crippen molar-refractivity contribution in [1.29, 1.82) is 0 Å². The summed E-state index contributed by atoms with van der Waals surface area (Å²) in [6.45, 7) is 1.85. The van der Waals surface area contributed by atoms with Gasteiger partial charge in [0.15, 0.2) is 5.78 Å². The Kier molecular flexibility index (Phi) is 4.46. The predicted octanol–water partition coefficient (Wildman–Crippen LogP) is 2.10. The molecular weight excluding hydrogens is 162 g/mol. The fourth-order valence-electron chi connectivity index (χ4n) is 0.742. The van der Waals surface area contributed by atoms with Crippen molar-refractivity contribution >= 4 is 18.2 Å². The van der Waals surface area contributed by atoms with Gasteiger partial charge in [-0.2, -0.15) is 0 Å². The summed E-state index contributed by atoms with van der Waals surface area (Å²) in [5, 5.41) is 0. The maximum Gasteiger partial charge on any atom is 0.162 e. The number of carbonyl (C=O) groups is 1. The third-order valence-corrected chi connectivity index (χ3v) is 1.32. The number of halogens is 1. The topological polar surface area (TPSA) is 30.0 Å². The molecule has 0 N–H and O–H groups in total. The van der Waals surface area contributed by atoms with E-state index in [1.165, 1.54) is 0 Å². The van der Waals surface area contributed by atoms with Crippen molar-refractivity contribution in [3.05, 3.63) is 30.1 Å². The number of rotatable bonds is 2. The lowest BCUT2D eigenvalue weighted by Crippen LogP contribution is -1.95. The second kappa shape index (κ2) is 4.85. The van der Waals surface area contributed by atoms with E-state index in [4.69, 9.17) is 0 Å². The summed E-state index contributed by atoms with van der Waals surface area (Å²) in [5.41, 5.74) is 0.748. The molecule has 2 nitrogen and oxygen atoms in total. The van der Waals surface area contributed by atoms with Crippen LogP contribution in [0.2, 0.25) is 0 Å². The highest BCUT2D eigenvalue weighted by atomic mass is 35.5. The van der Waals surface area contributed by atoms with E-state index >= 15 is 0 Å². The van der Waals surface area contributed by atoms with Gasteiger partial charge in [0.25, 0.3) is 0 Å². The summed E-state index contributed by atoms with van der Waals surface area (Å²) in [6, 6.07) is 3.46. The number of Topliss-reactive ketones (excluding diaryl/α,β-unsaturated/α-hetero) is 1. The smallest absolute Gasteiger partial charge is 0.162 e. The van der Waals surface area contributed by atoms with Crippen LogP contribution in [0.1, 0.15) is 23.7 Å². The summed E-state index contributed by atoms with van der Waals surface area (Å²) in [5.74, 6) is 0.169. The van der Waals surface area contributed by atoms with Crippen LogP contribution in [0.15, 0.2) is 24.5 Å². The molecule has 1 heterocycles. The highest BCUT2D eigenvalue weighted by Crippen LogP contribution is 1.99. The summed E-state index contributed by atoms with van der Waals surface area (Å²) in [4.78, 5) is 14.8. The van der Waals surface area contributed by atoms with Gasteiger partial charge in [0.1, 0.15) is 0 Å². The minimum absolute atomic E-state index is 0. The van der Waals surface area contributed by atoms with Crippen LogP contribution < -0.4 is 0 Å². The fourth-order valence-corrected chi connectivity index (χ4v) is 0.742. The molecular formula is C8H10ClNO. The average Bonchev–Trinajstić information content (AvgIpc) is 2.05. The zero-order chi connectivity index (χ0) is 7.40. The predicted molar refractivity (Wildman–Crippen MR) is 46.1 cm³/mol. The van der Waals surface area contributed by atoms with Crippen LogP contribution >= 0.6 is 12.4 Å². The van der Waals surface area contributed by atoms with Crippen molar-refractivity contribution in [3.8, 4) is 0 Å². The van der Waals surface area contributed by atoms with Crippen molar-refractivity contribution in [2.24, 2.45) is 0 Å². The van der Waals surface area contributed by atoms with Gasteiger partial charge < -0.3 is 0 Å². The Labute approximate surface area is 72.1 Å². The third kappa shape index (κ3) is 2.68. The van der Waals surface area contributed by atoms with E-state index < -0.39 is 0 Å². The highest BCUT2D eigenvalue weighted by Gasteiger charge is 1.98. The third-order valence-electron chi connectivity index (χ3n) is 1.32. The molecule has 1 rings (SSSR count). The summed E-state index contributed by atoms with van der Waals surface area (Å²) >= 11 is 0. The van der Waals surface area contributed by atoms with Crippen LogP contribution in [0, 0.1) is 0 Å². The number of pyridine rings is 1. The van der Waals surface area contributed by atoms with Crippen LogP contribution in [-0.4, -0.2) is 10.8 Å². The quantitative estimate of drug-likeness (QED) is 0.638. The van der Waals surface area contributed by atoms with Gasteiger partial charge in [0.2, 0.25) is 0 Å². The first-order valence-electron chi connectivity index (χ1n) is 3.28. The van der Waals surface area contributed by atoms with Crippen molar-refractivity contribution < 1.29 is 4.79 Å². The van der Waals surface area contributed by atoms with E-state index in [1.54, 1.807) is 24.5 Å². The van der Waals surface area contributed by atoms with Gasteiger partial charge in [-0.3, -0.25) is 9.78 Å². The fraction of sp³-hybridized carbons (Fsp3) is 0.250. The molecule has 0 amide bonds. The van der Waals surface area contributed by atoms with E-state index in [9.17, 15) is 4.79 Å². The van der Waals surface area contributed by atoms with E-state index in [0.717, 1.165) is 5.56 Å². The Morgan fingerprint density at radius 3 is 2.45 bits per heavy atom. The number of aromatic nitrogens is 1. The molecule has 0 saturated heterocycles. The zero-order valence-corrected chi connectivity index (χ0v) is 7.10. The standard InChI is InChI=1S/C8H9NO.ClH/c1-2-8(10)7-3-5-9-6-4-7;/h3-6H,2H2,1H3;1H. The molecule has 0 aromatic carbocycles. The first kappa shape index (κ1) is 10.1. The van der Waals surface area contributed by atoms with E-state index in [0.29, 0.717) is 6.42 Å². The maximum absolute atomic E-state index is 11.0. The molecule has 0 atom stereocenters. The molecule has 11 heavy (non-hydrogen) atoms. The molecule has 0 bridgehead atoms. The Morgan fingerprint density at radius 1 is 1.45 bits per heavy atom. The van der Waals surface area contributed by atoms with Crippen LogP contribution in [0.4, 0.5) is 0 Å². The molecule has 1 aromatic rings. The number of hydrogen-bond acceptors (Lipinski definition) is 2. The maximum atomic E-state index is 11.0. The molecule has 0 fully saturated rings. The highest BCUT2D eigenvalue weighted by molar-refractivity contribution is 5.95. The Balaban J connectivity index is 0.000001000. The number of carbonyl (C=O) groups excluding carboxylic acids is 1. The molecule has 0 aliphatic carbocycles. The van der Waals surface area contributed by atoms with Gasteiger partial charge in [-0.05, 0) is 12.1 Å². The second-order valence-corrected chi connectivity index (χ2v) is 2.01. The lowest BCUT2D eigenvalue weighted by Gasteiger charge is -1.93. The number of nitrogens with zero attached hydrogens (tertiary/aromatic N) is 1. The molecule has 60 valence electrons.